The third-order valence-corrected chi connectivity index (χ3v) is 5.16. The van der Waals surface area contributed by atoms with Gasteiger partial charge in [0.25, 0.3) is 0 Å². The van der Waals surface area contributed by atoms with Crippen LogP contribution in [0, 0.1) is 0 Å². The first-order chi connectivity index (χ1) is 11.7. The largest absolute Gasteiger partial charge is 0.418 e. The van der Waals surface area contributed by atoms with Crippen LogP contribution in [0.1, 0.15) is 18.9 Å². The lowest BCUT2D eigenvalue weighted by Gasteiger charge is -2.18. The van der Waals surface area contributed by atoms with Crippen LogP contribution in [-0.2, 0) is 11.0 Å². The molecule has 0 radical (unpaired) electrons. The second-order valence-electron chi connectivity index (χ2n) is 5.15. The van der Waals surface area contributed by atoms with Crippen molar-refractivity contribution < 1.29 is 18.0 Å². The third-order valence-electron chi connectivity index (χ3n) is 3.30. The highest BCUT2D eigenvalue weighted by Crippen LogP contribution is 2.37. The standard InChI is InChI=1S/C17H14Cl2F3NOS/c1-2-15(25-12-6-3-10(18)4-7-12)16(24)23-14-8-5-11(19)9-13(14)17(20,21)22/h3-9,15H,2H2,1H3,(H,23,24)/t15-/m1/s1. The van der Waals surface area contributed by atoms with Crippen LogP contribution < -0.4 is 5.32 Å². The van der Waals surface area contributed by atoms with Gasteiger partial charge in [0.1, 0.15) is 0 Å². The van der Waals surface area contributed by atoms with Gasteiger partial charge in [-0.15, -0.1) is 11.8 Å². The molecule has 2 aromatic rings. The van der Waals surface area contributed by atoms with Crippen LogP contribution in [0.4, 0.5) is 18.9 Å². The van der Waals surface area contributed by atoms with Gasteiger partial charge in [0.05, 0.1) is 16.5 Å². The van der Waals surface area contributed by atoms with Gasteiger partial charge in [0.2, 0.25) is 5.91 Å². The SMILES string of the molecule is CC[C@@H](Sc1ccc(Cl)cc1)C(=O)Nc1ccc(Cl)cc1C(F)(F)F. The summed E-state index contributed by atoms with van der Waals surface area (Å²) in [6.07, 6.45) is -4.16. The zero-order chi connectivity index (χ0) is 18.6. The van der Waals surface area contributed by atoms with Gasteiger partial charge >= 0.3 is 6.18 Å². The zero-order valence-electron chi connectivity index (χ0n) is 13.0. The van der Waals surface area contributed by atoms with E-state index in [0.717, 1.165) is 17.0 Å². The first-order valence-corrected chi connectivity index (χ1v) is 8.94. The van der Waals surface area contributed by atoms with Gasteiger partial charge in [-0.05, 0) is 48.9 Å². The van der Waals surface area contributed by atoms with E-state index in [2.05, 4.69) is 5.32 Å². The van der Waals surface area contributed by atoms with E-state index in [-0.39, 0.29) is 10.7 Å². The molecule has 2 rings (SSSR count). The second-order valence-corrected chi connectivity index (χ2v) is 7.29. The van der Waals surface area contributed by atoms with Crippen LogP contribution >= 0.6 is 35.0 Å². The quantitative estimate of drug-likeness (QED) is 0.571. The number of thioether (sulfide) groups is 1. The van der Waals surface area contributed by atoms with Crippen LogP contribution in [0.25, 0.3) is 0 Å². The highest BCUT2D eigenvalue weighted by Gasteiger charge is 2.34. The van der Waals surface area contributed by atoms with Crippen LogP contribution in [0.3, 0.4) is 0 Å². The molecule has 2 aromatic carbocycles. The number of carbonyl (C=O) groups excluding carboxylic acids is 1. The lowest BCUT2D eigenvalue weighted by Crippen LogP contribution is -2.26. The maximum atomic E-state index is 13.1. The minimum absolute atomic E-state index is 0.0482. The van der Waals surface area contributed by atoms with Crippen LogP contribution in [-0.4, -0.2) is 11.2 Å². The van der Waals surface area contributed by atoms with Crippen molar-refractivity contribution in [2.45, 2.75) is 29.7 Å². The molecule has 1 N–H and O–H groups in total. The summed E-state index contributed by atoms with van der Waals surface area (Å²) in [6, 6.07) is 10.1. The third kappa shape index (κ3) is 5.56. The highest BCUT2D eigenvalue weighted by atomic mass is 35.5. The summed E-state index contributed by atoms with van der Waals surface area (Å²) >= 11 is 12.7. The average molecular weight is 408 g/mol. The molecule has 0 spiro atoms. The normalized spacial score (nSPS) is 12.7. The van der Waals surface area contributed by atoms with Crippen molar-refractivity contribution in [3.8, 4) is 0 Å². The number of benzene rings is 2. The van der Waals surface area contributed by atoms with Crippen LogP contribution in [0.5, 0.6) is 0 Å². The van der Waals surface area contributed by atoms with Crippen LogP contribution in [0.15, 0.2) is 47.4 Å². The average Bonchev–Trinajstić information content (AvgIpc) is 2.55. The number of amides is 1. The van der Waals surface area contributed by atoms with Crippen molar-refractivity contribution in [3.63, 3.8) is 0 Å². The topological polar surface area (TPSA) is 29.1 Å². The molecule has 0 aliphatic heterocycles. The maximum Gasteiger partial charge on any atom is 0.418 e. The van der Waals surface area contributed by atoms with E-state index in [1.165, 1.54) is 17.8 Å². The van der Waals surface area contributed by atoms with Gasteiger partial charge in [-0.2, -0.15) is 13.2 Å². The fraction of sp³-hybridized carbons (Fsp3) is 0.235. The van der Waals surface area contributed by atoms with Crippen molar-refractivity contribution in [2.75, 3.05) is 5.32 Å². The number of nitrogens with one attached hydrogen (secondary N) is 1. The van der Waals surface area contributed by atoms with Gasteiger partial charge in [-0.1, -0.05) is 30.1 Å². The monoisotopic (exact) mass is 407 g/mol. The summed E-state index contributed by atoms with van der Waals surface area (Å²) in [4.78, 5) is 13.2. The molecule has 8 heteroatoms. The van der Waals surface area contributed by atoms with E-state index in [9.17, 15) is 18.0 Å². The number of hydrogen-bond donors (Lipinski definition) is 1. The number of carbonyl (C=O) groups is 1. The molecule has 0 fully saturated rings. The Morgan fingerprint density at radius 3 is 2.28 bits per heavy atom. The summed E-state index contributed by atoms with van der Waals surface area (Å²) in [5.74, 6) is -0.504. The van der Waals surface area contributed by atoms with Gasteiger partial charge < -0.3 is 5.32 Å². The van der Waals surface area contributed by atoms with Gasteiger partial charge in [-0.25, -0.2) is 0 Å². The fourth-order valence-corrected chi connectivity index (χ4v) is 3.33. The van der Waals surface area contributed by atoms with E-state index in [1.807, 2.05) is 0 Å². The number of anilines is 1. The van der Waals surface area contributed by atoms with Gasteiger partial charge in [0, 0.05) is 14.9 Å². The smallest absolute Gasteiger partial charge is 0.325 e. The number of rotatable bonds is 5. The molecule has 0 aliphatic carbocycles. The minimum atomic E-state index is -4.61. The lowest BCUT2D eigenvalue weighted by atomic mass is 10.1. The number of halogens is 5. The molecule has 1 atom stereocenters. The first-order valence-electron chi connectivity index (χ1n) is 7.30. The molecule has 0 bridgehead atoms. The molecule has 2 nitrogen and oxygen atoms in total. The van der Waals surface area contributed by atoms with Crippen molar-refractivity contribution in [1.82, 2.24) is 0 Å². The summed E-state index contributed by atoms with van der Waals surface area (Å²) in [6.45, 7) is 1.79. The van der Waals surface area contributed by atoms with E-state index in [1.54, 1.807) is 31.2 Å². The Hall–Kier alpha value is -1.37. The molecule has 0 heterocycles. The molecule has 0 saturated carbocycles. The molecule has 1 amide bonds. The molecule has 0 unspecified atom stereocenters. The molecule has 0 aliphatic rings. The maximum absolute atomic E-state index is 13.1. The predicted octanol–water partition coefficient (Wildman–Crippen LogP) is 6.52. The first kappa shape index (κ1) is 19.9. The fourth-order valence-electron chi connectivity index (χ4n) is 2.07. The molecule has 0 aromatic heterocycles. The summed E-state index contributed by atoms with van der Waals surface area (Å²) in [5.41, 5.74) is -1.28. The highest BCUT2D eigenvalue weighted by molar-refractivity contribution is 8.00. The predicted molar refractivity (Wildman–Crippen MR) is 96.5 cm³/mol. The molecule has 25 heavy (non-hydrogen) atoms. The van der Waals surface area contributed by atoms with Crippen molar-refractivity contribution in [3.05, 3.63) is 58.1 Å². The summed E-state index contributed by atoms with van der Waals surface area (Å²) in [7, 11) is 0. The summed E-state index contributed by atoms with van der Waals surface area (Å²) < 4.78 is 39.4. The van der Waals surface area contributed by atoms with E-state index in [0.29, 0.717) is 11.4 Å². The second kappa shape index (κ2) is 8.34. The van der Waals surface area contributed by atoms with E-state index in [4.69, 9.17) is 23.2 Å². The number of alkyl halides is 3. The Balaban J connectivity index is 2.18. The Bertz CT molecular complexity index is 751. The molecule has 134 valence electrons. The van der Waals surface area contributed by atoms with Gasteiger partial charge in [-0.3, -0.25) is 4.79 Å². The Kier molecular flexibility index (Phi) is 6.65. The van der Waals surface area contributed by atoms with E-state index < -0.39 is 22.9 Å². The van der Waals surface area contributed by atoms with Crippen molar-refractivity contribution in [1.29, 1.82) is 0 Å². The molecule has 0 saturated heterocycles. The Morgan fingerprint density at radius 2 is 1.72 bits per heavy atom. The van der Waals surface area contributed by atoms with Gasteiger partial charge in [0.15, 0.2) is 0 Å². The lowest BCUT2D eigenvalue weighted by molar-refractivity contribution is -0.137. The molecular weight excluding hydrogens is 394 g/mol. The summed E-state index contributed by atoms with van der Waals surface area (Å²) in [5, 5.41) is 2.34. The van der Waals surface area contributed by atoms with E-state index >= 15 is 0 Å². The van der Waals surface area contributed by atoms with Crippen molar-refractivity contribution >= 4 is 46.6 Å². The number of hydrogen-bond acceptors (Lipinski definition) is 2. The van der Waals surface area contributed by atoms with Crippen LogP contribution in [0.2, 0.25) is 10.0 Å². The Morgan fingerprint density at radius 1 is 1.12 bits per heavy atom. The Labute approximate surface area is 157 Å². The zero-order valence-corrected chi connectivity index (χ0v) is 15.4. The van der Waals surface area contributed by atoms with Crippen molar-refractivity contribution in [2.24, 2.45) is 0 Å². The minimum Gasteiger partial charge on any atom is -0.325 e. The molecular formula is C17H14Cl2F3NOS.